The van der Waals surface area contributed by atoms with E-state index in [1.54, 1.807) is 13.8 Å². The summed E-state index contributed by atoms with van der Waals surface area (Å²) < 4.78 is 27.6. The molecule has 0 radical (unpaired) electrons. The van der Waals surface area contributed by atoms with Crippen molar-refractivity contribution in [1.82, 2.24) is 10.0 Å². The van der Waals surface area contributed by atoms with Crippen LogP contribution < -0.4 is 10.0 Å². The Balaban J connectivity index is 3.02. The number of hydrogen-bond acceptors (Lipinski definition) is 3. The molecule has 136 valence electrons. The molecule has 0 bridgehead atoms. The molecule has 0 heterocycles. The molecule has 8 heteroatoms. The minimum atomic E-state index is -3.89. The standard InChI is InChI=1S/C16H24Cl2N2O3S/c1-5-11(6-2)19-16(21)15(10(3)4)20-24(22,23)12-7-8-13(17)14(18)9-12/h7-11,15,20H,5-6H2,1-4H3,(H,19,21)/t15-/m1/s1. The minimum Gasteiger partial charge on any atom is -0.352 e. The van der Waals surface area contributed by atoms with Crippen LogP contribution in [-0.4, -0.2) is 26.4 Å². The van der Waals surface area contributed by atoms with Gasteiger partial charge in [-0.05, 0) is 37.0 Å². The predicted molar refractivity (Wildman–Crippen MR) is 97.9 cm³/mol. The highest BCUT2D eigenvalue weighted by molar-refractivity contribution is 7.89. The number of rotatable bonds is 8. The lowest BCUT2D eigenvalue weighted by Crippen LogP contribution is -2.51. The molecule has 1 aromatic rings. The first-order valence-corrected chi connectivity index (χ1v) is 10.1. The zero-order valence-electron chi connectivity index (χ0n) is 14.3. The number of sulfonamides is 1. The number of nitrogens with one attached hydrogen (secondary N) is 2. The summed E-state index contributed by atoms with van der Waals surface area (Å²) in [6, 6.07) is 3.18. The minimum absolute atomic E-state index is 0.0215. The first-order valence-electron chi connectivity index (χ1n) is 7.90. The lowest BCUT2D eigenvalue weighted by molar-refractivity contribution is -0.124. The van der Waals surface area contributed by atoms with E-state index in [2.05, 4.69) is 10.0 Å². The van der Waals surface area contributed by atoms with Crippen LogP contribution in [0.25, 0.3) is 0 Å². The van der Waals surface area contributed by atoms with Crippen molar-refractivity contribution in [3.8, 4) is 0 Å². The van der Waals surface area contributed by atoms with Gasteiger partial charge in [-0.3, -0.25) is 4.79 Å². The maximum absolute atomic E-state index is 12.5. The predicted octanol–water partition coefficient (Wildman–Crippen LogP) is 3.60. The average Bonchev–Trinajstić information content (AvgIpc) is 2.52. The molecule has 0 aliphatic heterocycles. The SMILES string of the molecule is CCC(CC)NC(=O)[C@H](NS(=O)(=O)c1ccc(Cl)c(Cl)c1)C(C)C. The summed E-state index contributed by atoms with van der Waals surface area (Å²) in [7, 11) is -3.89. The van der Waals surface area contributed by atoms with Crippen molar-refractivity contribution in [3.05, 3.63) is 28.2 Å². The number of carbonyl (C=O) groups is 1. The van der Waals surface area contributed by atoms with Crippen LogP contribution in [0.4, 0.5) is 0 Å². The van der Waals surface area contributed by atoms with Crippen LogP contribution in [0.2, 0.25) is 10.0 Å². The van der Waals surface area contributed by atoms with Crippen molar-refractivity contribution in [1.29, 1.82) is 0 Å². The largest absolute Gasteiger partial charge is 0.352 e. The van der Waals surface area contributed by atoms with Gasteiger partial charge < -0.3 is 5.32 Å². The van der Waals surface area contributed by atoms with Crippen LogP contribution in [0.5, 0.6) is 0 Å². The van der Waals surface area contributed by atoms with Crippen molar-refractivity contribution in [3.63, 3.8) is 0 Å². The van der Waals surface area contributed by atoms with Crippen LogP contribution >= 0.6 is 23.2 Å². The zero-order valence-corrected chi connectivity index (χ0v) is 16.6. The van der Waals surface area contributed by atoms with Crippen molar-refractivity contribution in [2.24, 2.45) is 5.92 Å². The molecule has 1 rings (SSSR count). The monoisotopic (exact) mass is 394 g/mol. The van der Waals surface area contributed by atoms with E-state index in [9.17, 15) is 13.2 Å². The average molecular weight is 395 g/mol. The molecular formula is C16H24Cl2N2O3S. The van der Waals surface area contributed by atoms with E-state index in [4.69, 9.17) is 23.2 Å². The molecular weight excluding hydrogens is 371 g/mol. The van der Waals surface area contributed by atoms with Gasteiger partial charge in [0, 0.05) is 6.04 Å². The van der Waals surface area contributed by atoms with E-state index in [1.807, 2.05) is 13.8 Å². The quantitative estimate of drug-likeness (QED) is 0.706. The summed E-state index contributed by atoms with van der Waals surface area (Å²) in [5.74, 6) is -0.542. The van der Waals surface area contributed by atoms with Gasteiger partial charge in [0.15, 0.2) is 0 Å². The molecule has 0 fully saturated rings. The second-order valence-corrected chi connectivity index (χ2v) is 8.47. The molecule has 2 N–H and O–H groups in total. The summed E-state index contributed by atoms with van der Waals surface area (Å²) in [6.07, 6.45) is 1.57. The third-order valence-corrected chi connectivity index (χ3v) is 5.94. The highest BCUT2D eigenvalue weighted by Crippen LogP contribution is 2.25. The van der Waals surface area contributed by atoms with E-state index in [1.165, 1.54) is 18.2 Å². The van der Waals surface area contributed by atoms with Gasteiger partial charge in [0.25, 0.3) is 0 Å². The smallest absolute Gasteiger partial charge is 0.241 e. The van der Waals surface area contributed by atoms with Gasteiger partial charge in [-0.15, -0.1) is 0 Å². The number of hydrogen-bond donors (Lipinski definition) is 2. The van der Waals surface area contributed by atoms with Crippen LogP contribution in [0.15, 0.2) is 23.1 Å². The maximum atomic E-state index is 12.5. The lowest BCUT2D eigenvalue weighted by Gasteiger charge is -2.24. The highest BCUT2D eigenvalue weighted by atomic mass is 35.5. The Bertz CT molecular complexity index is 674. The van der Waals surface area contributed by atoms with Crippen molar-refractivity contribution in [2.45, 2.75) is 57.5 Å². The van der Waals surface area contributed by atoms with Crippen LogP contribution in [0.3, 0.4) is 0 Å². The number of halogens is 2. The summed E-state index contributed by atoms with van der Waals surface area (Å²) in [5, 5.41) is 3.29. The second-order valence-electron chi connectivity index (χ2n) is 5.94. The Morgan fingerprint density at radius 1 is 1.12 bits per heavy atom. The Hall–Kier alpha value is -0.820. The third-order valence-electron chi connectivity index (χ3n) is 3.76. The van der Waals surface area contributed by atoms with Gasteiger partial charge in [0.1, 0.15) is 6.04 Å². The van der Waals surface area contributed by atoms with Gasteiger partial charge in [-0.1, -0.05) is 50.9 Å². The summed E-state index contributed by atoms with van der Waals surface area (Å²) >= 11 is 11.7. The second kappa shape index (κ2) is 9.04. The molecule has 24 heavy (non-hydrogen) atoms. The summed E-state index contributed by atoms with van der Waals surface area (Å²) in [6.45, 7) is 7.51. The van der Waals surface area contributed by atoms with Crippen molar-refractivity contribution < 1.29 is 13.2 Å². The fourth-order valence-corrected chi connectivity index (χ4v) is 3.89. The molecule has 1 amide bonds. The maximum Gasteiger partial charge on any atom is 0.241 e. The molecule has 1 atom stereocenters. The van der Waals surface area contributed by atoms with E-state index < -0.39 is 16.1 Å². The van der Waals surface area contributed by atoms with Crippen LogP contribution in [0, 0.1) is 5.92 Å². The van der Waals surface area contributed by atoms with Gasteiger partial charge in [-0.2, -0.15) is 4.72 Å². The summed E-state index contributed by atoms with van der Waals surface area (Å²) in [5.41, 5.74) is 0. The van der Waals surface area contributed by atoms with Crippen molar-refractivity contribution in [2.75, 3.05) is 0 Å². The molecule has 0 unspecified atom stereocenters. The fraction of sp³-hybridized carbons (Fsp3) is 0.562. The molecule has 1 aromatic carbocycles. The Labute approximate surface area is 154 Å². The van der Waals surface area contributed by atoms with E-state index in [-0.39, 0.29) is 32.8 Å². The van der Waals surface area contributed by atoms with Crippen LogP contribution in [-0.2, 0) is 14.8 Å². The van der Waals surface area contributed by atoms with E-state index in [0.717, 1.165) is 12.8 Å². The molecule has 0 spiro atoms. The van der Waals surface area contributed by atoms with Gasteiger partial charge >= 0.3 is 0 Å². The first kappa shape index (κ1) is 21.2. The zero-order chi connectivity index (χ0) is 18.5. The van der Waals surface area contributed by atoms with E-state index >= 15 is 0 Å². The number of amides is 1. The van der Waals surface area contributed by atoms with Gasteiger partial charge in [0.2, 0.25) is 15.9 Å². The molecule has 0 aliphatic rings. The Kier molecular flexibility index (Phi) is 7.99. The lowest BCUT2D eigenvalue weighted by atomic mass is 10.0. The Morgan fingerprint density at radius 2 is 1.71 bits per heavy atom. The molecule has 0 aromatic heterocycles. The molecule has 0 saturated carbocycles. The van der Waals surface area contributed by atoms with Crippen molar-refractivity contribution >= 4 is 39.1 Å². The Morgan fingerprint density at radius 3 is 2.17 bits per heavy atom. The summed E-state index contributed by atoms with van der Waals surface area (Å²) in [4.78, 5) is 12.4. The number of benzene rings is 1. The third kappa shape index (κ3) is 5.62. The van der Waals surface area contributed by atoms with Gasteiger partial charge in [-0.25, -0.2) is 8.42 Å². The van der Waals surface area contributed by atoms with Crippen LogP contribution in [0.1, 0.15) is 40.5 Å². The first-order chi connectivity index (χ1) is 11.1. The topological polar surface area (TPSA) is 75.3 Å². The highest BCUT2D eigenvalue weighted by Gasteiger charge is 2.29. The fourth-order valence-electron chi connectivity index (χ4n) is 2.16. The number of carbonyl (C=O) groups excluding carboxylic acids is 1. The molecule has 0 saturated heterocycles. The van der Waals surface area contributed by atoms with Gasteiger partial charge in [0.05, 0.1) is 14.9 Å². The molecule has 0 aliphatic carbocycles. The normalized spacial score (nSPS) is 13.3. The molecule has 5 nitrogen and oxygen atoms in total. The van der Waals surface area contributed by atoms with E-state index in [0.29, 0.717) is 0 Å².